The number of amides is 1. The average molecular weight is 361 g/mol. The number of rotatable bonds is 2. The molecule has 1 aliphatic rings. The highest BCUT2D eigenvalue weighted by molar-refractivity contribution is 6.30. The summed E-state index contributed by atoms with van der Waals surface area (Å²) in [5.41, 5.74) is 2.47. The number of nitrogens with one attached hydrogen (secondary N) is 1. The number of benzene rings is 1. The Labute approximate surface area is 154 Å². The highest BCUT2D eigenvalue weighted by Gasteiger charge is 2.31. The normalized spacial score (nSPS) is 18.4. The first-order valence-corrected chi connectivity index (χ1v) is 8.99. The standard InChI is InChI=1S/C19H25ClN4O/c1-13-16(11-22-24(13)19(2,3)4)18(25)23-9-8-21-12-17(23)14-6-5-7-15(20)10-14/h5-7,10-11,17,21H,8-9,12H2,1-4H3. The topological polar surface area (TPSA) is 50.2 Å². The van der Waals surface area contributed by atoms with E-state index < -0.39 is 0 Å². The monoisotopic (exact) mass is 360 g/mol. The van der Waals surface area contributed by atoms with Gasteiger partial charge in [-0.15, -0.1) is 0 Å². The first-order chi connectivity index (χ1) is 11.8. The molecule has 1 amide bonds. The lowest BCUT2D eigenvalue weighted by Crippen LogP contribution is -2.48. The average Bonchev–Trinajstić information content (AvgIpc) is 2.96. The lowest BCUT2D eigenvalue weighted by atomic mass is 10.0. The summed E-state index contributed by atoms with van der Waals surface area (Å²) in [4.78, 5) is 15.2. The first-order valence-electron chi connectivity index (χ1n) is 8.61. The van der Waals surface area contributed by atoms with Gasteiger partial charge in [0, 0.05) is 30.4 Å². The quantitative estimate of drug-likeness (QED) is 0.893. The Morgan fingerprint density at radius 3 is 2.76 bits per heavy atom. The van der Waals surface area contributed by atoms with Crippen molar-refractivity contribution in [3.63, 3.8) is 0 Å². The van der Waals surface area contributed by atoms with Crippen molar-refractivity contribution >= 4 is 17.5 Å². The third-order valence-electron chi connectivity index (χ3n) is 4.61. The molecule has 1 aromatic carbocycles. The third kappa shape index (κ3) is 3.58. The molecule has 25 heavy (non-hydrogen) atoms. The van der Waals surface area contributed by atoms with Crippen LogP contribution in [0.1, 0.15) is 48.4 Å². The van der Waals surface area contributed by atoms with Crippen molar-refractivity contribution in [3.05, 3.63) is 52.3 Å². The number of carbonyl (C=O) groups excluding carboxylic acids is 1. The Hall–Kier alpha value is -1.85. The van der Waals surface area contributed by atoms with E-state index in [0.29, 0.717) is 17.1 Å². The van der Waals surface area contributed by atoms with Crippen molar-refractivity contribution in [1.29, 1.82) is 0 Å². The molecule has 1 fully saturated rings. The van der Waals surface area contributed by atoms with E-state index in [1.54, 1.807) is 6.20 Å². The lowest BCUT2D eigenvalue weighted by Gasteiger charge is -2.36. The van der Waals surface area contributed by atoms with Crippen LogP contribution in [-0.2, 0) is 5.54 Å². The Balaban J connectivity index is 1.93. The van der Waals surface area contributed by atoms with Crippen LogP contribution >= 0.6 is 11.6 Å². The lowest BCUT2D eigenvalue weighted by molar-refractivity contribution is 0.0633. The molecule has 0 spiro atoms. The molecule has 1 aliphatic heterocycles. The molecule has 1 atom stereocenters. The van der Waals surface area contributed by atoms with Gasteiger partial charge in [-0.2, -0.15) is 5.10 Å². The maximum Gasteiger partial charge on any atom is 0.257 e. The van der Waals surface area contributed by atoms with Gasteiger partial charge >= 0.3 is 0 Å². The molecule has 0 bridgehead atoms. The van der Waals surface area contributed by atoms with Crippen LogP contribution in [0.2, 0.25) is 5.02 Å². The van der Waals surface area contributed by atoms with Gasteiger partial charge in [0.2, 0.25) is 0 Å². The van der Waals surface area contributed by atoms with Crippen LogP contribution in [0.4, 0.5) is 0 Å². The van der Waals surface area contributed by atoms with E-state index in [-0.39, 0.29) is 17.5 Å². The molecule has 0 radical (unpaired) electrons. The minimum atomic E-state index is -0.154. The van der Waals surface area contributed by atoms with Crippen molar-refractivity contribution in [3.8, 4) is 0 Å². The summed E-state index contributed by atoms with van der Waals surface area (Å²) in [5, 5.41) is 8.51. The van der Waals surface area contributed by atoms with Crippen LogP contribution in [-0.4, -0.2) is 40.2 Å². The Kier molecular flexibility index (Phi) is 4.89. The number of hydrogen-bond donors (Lipinski definition) is 1. The molecular formula is C19H25ClN4O. The maximum absolute atomic E-state index is 13.2. The zero-order valence-corrected chi connectivity index (χ0v) is 16.0. The van der Waals surface area contributed by atoms with Gasteiger partial charge in [0.15, 0.2) is 0 Å². The Bertz CT molecular complexity index is 778. The minimum Gasteiger partial charge on any atom is -0.329 e. The molecule has 1 unspecified atom stereocenters. The fourth-order valence-electron chi connectivity index (χ4n) is 3.41. The summed E-state index contributed by atoms with van der Waals surface area (Å²) in [6, 6.07) is 7.71. The molecule has 2 aromatic rings. The van der Waals surface area contributed by atoms with E-state index in [9.17, 15) is 4.79 Å². The van der Waals surface area contributed by atoms with E-state index in [1.807, 2.05) is 40.8 Å². The fraction of sp³-hybridized carbons (Fsp3) is 0.474. The second-order valence-corrected chi connectivity index (χ2v) is 7.94. The minimum absolute atomic E-state index is 0.0273. The van der Waals surface area contributed by atoms with E-state index in [4.69, 9.17) is 11.6 Å². The van der Waals surface area contributed by atoms with Crippen molar-refractivity contribution in [2.24, 2.45) is 0 Å². The van der Waals surface area contributed by atoms with Gasteiger partial charge < -0.3 is 10.2 Å². The van der Waals surface area contributed by atoms with Crippen LogP contribution in [0.15, 0.2) is 30.5 Å². The molecule has 1 aromatic heterocycles. The largest absolute Gasteiger partial charge is 0.329 e. The molecule has 1 N–H and O–H groups in total. The van der Waals surface area contributed by atoms with Gasteiger partial charge in [0.05, 0.1) is 23.3 Å². The van der Waals surface area contributed by atoms with Gasteiger partial charge in [0.1, 0.15) is 0 Å². The molecule has 5 nitrogen and oxygen atoms in total. The summed E-state index contributed by atoms with van der Waals surface area (Å²) in [6.45, 7) is 10.4. The maximum atomic E-state index is 13.2. The first kappa shape index (κ1) is 18.0. The molecule has 0 saturated carbocycles. The predicted octanol–water partition coefficient (Wildman–Crippen LogP) is 3.39. The molecule has 3 rings (SSSR count). The van der Waals surface area contributed by atoms with Gasteiger partial charge in [-0.1, -0.05) is 23.7 Å². The second-order valence-electron chi connectivity index (χ2n) is 7.50. The SMILES string of the molecule is Cc1c(C(=O)N2CCNCC2c2cccc(Cl)c2)cnn1C(C)(C)C. The molecule has 1 saturated heterocycles. The second kappa shape index (κ2) is 6.81. The van der Waals surface area contributed by atoms with E-state index >= 15 is 0 Å². The summed E-state index contributed by atoms with van der Waals surface area (Å²) in [7, 11) is 0. The summed E-state index contributed by atoms with van der Waals surface area (Å²) < 4.78 is 1.91. The van der Waals surface area contributed by atoms with Gasteiger partial charge in [-0.3, -0.25) is 9.48 Å². The van der Waals surface area contributed by atoms with Crippen LogP contribution in [0, 0.1) is 6.92 Å². The van der Waals surface area contributed by atoms with Gasteiger partial charge in [-0.05, 0) is 45.4 Å². The van der Waals surface area contributed by atoms with E-state index in [1.165, 1.54) is 0 Å². The van der Waals surface area contributed by atoms with Crippen molar-refractivity contribution in [1.82, 2.24) is 20.0 Å². The van der Waals surface area contributed by atoms with Crippen molar-refractivity contribution in [2.75, 3.05) is 19.6 Å². The molecule has 6 heteroatoms. The van der Waals surface area contributed by atoms with Crippen molar-refractivity contribution in [2.45, 2.75) is 39.3 Å². The van der Waals surface area contributed by atoms with Crippen LogP contribution in [0.25, 0.3) is 0 Å². The van der Waals surface area contributed by atoms with E-state index in [0.717, 1.165) is 24.3 Å². The van der Waals surface area contributed by atoms with Crippen molar-refractivity contribution < 1.29 is 4.79 Å². The number of hydrogen-bond acceptors (Lipinski definition) is 3. The fourth-order valence-corrected chi connectivity index (χ4v) is 3.61. The molecule has 2 heterocycles. The highest BCUT2D eigenvalue weighted by Crippen LogP contribution is 2.27. The van der Waals surface area contributed by atoms with Gasteiger partial charge in [-0.25, -0.2) is 0 Å². The predicted molar refractivity (Wildman–Crippen MR) is 100 cm³/mol. The summed E-state index contributed by atoms with van der Waals surface area (Å²) >= 11 is 6.15. The Morgan fingerprint density at radius 2 is 2.12 bits per heavy atom. The number of nitrogens with zero attached hydrogens (tertiary/aromatic N) is 3. The number of carbonyl (C=O) groups is 1. The smallest absolute Gasteiger partial charge is 0.257 e. The summed E-state index contributed by atoms with van der Waals surface area (Å²) in [5.74, 6) is 0.0273. The molecular weight excluding hydrogens is 336 g/mol. The van der Waals surface area contributed by atoms with Crippen LogP contribution < -0.4 is 5.32 Å². The van der Waals surface area contributed by atoms with E-state index in [2.05, 4.69) is 31.2 Å². The number of halogens is 1. The van der Waals surface area contributed by atoms with Crippen LogP contribution in [0.5, 0.6) is 0 Å². The molecule has 0 aliphatic carbocycles. The zero-order chi connectivity index (χ0) is 18.2. The van der Waals surface area contributed by atoms with Gasteiger partial charge in [0.25, 0.3) is 5.91 Å². The molecule has 134 valence electrons. The number of aromatic nitrogens is 2. The Morgan fingerprint density at radius 1 is 1.36 bits per heavy atom. The zero-order valence-electron chi connectivity index (χ0n) is 15.2. The summed E-state index contributed by atoms with van der Waals surface area (Å²) in [6.07, 6.45) is 1.69. The third-order valence-corrected chi connectivity index (χ3v) is 4.85. The number of piperazine rings is 1. The van der Waals surface area contributed by atoms with Crippen LogP contribution in [0.3, 0.4) is 0 Å². The highest BCUT2D eigenvalue weighted by atomic mass is 35.5.